The van der Waals surface area contributed by atoms with E-state index < -0.39 is 6.10 Å². The van der Waals surface area contributed by atoms with Gasteiger partial charge >= 0.3 is 0 Å². The Bertz CT molecular complexity index is 488. The Kier molecular flexibility index (Phi) is 8.93. The zero-order valence-corrected chi connectivity index (χ0v) is 18.3. The van der Waals surface area contributed by atoms with Gasteiger partial charge < -0.3 is 15.2 Å². The molecule has 4 nitrogen and oxygen atoms in total. The molecule has 1 amide bonds. The van der Waals surface area contributed by atoms with Crippen LogP contribution < -0.4 is 5.32 Å². The summed E-state index contributed by atoms with van der Waals surface area (Å²) < 4.78 is 6.32. The molecule has 162 valence electrons. The first kappa shape index (κ1) is 22.4. The van der Waals surface area contributed by atoms with E-state index in [4.69, 9.17) is 16.3 Å². The molecule has 0 spiro atoms. The monoisotopic (exact) mass is 413 g/mol. The summed E-state index contributed by atoms with van der Waals surface area (Å²) in [5.41, 5.74) is 0. The summed E-state index contributed by atoms with van der Waals surface area (Å²) >= 11 is 6.45. The summed E-state index contributed by atoms with van der Waals surface area (Å²) in [6.45, 7) is 3.00. The second-order valence-electron chi connectivity index (χ2n) is 9.33. The SMILES string of the molecule is CCCCCCOC1CC(C(=O)NC2CCCCC2Cl)C(O)C2CCCCC12. The molecule has 2 N–H and O–H groups in total. The van der Waals surface area contributed by atoms with E-state index >= 15 is 0 Å². The number of alkyl halides is 1. The molecule has 7 atom stereocenters. The molecule has 0 saturated heterocycles. The number of halogens is 1. The Morgan fingerprint density at radius 2 is 1.75 bits per heavy atom. The molecule has 0 heterocycles. The first-order valence-electron chi connectivity index (χ1n) is 11.9. The highest BCUT2D eigenvalue weighted by molar-refractivity contribution is 6.21. The van der Waals surface area contributed by atoms with Crippen molar-refractivity contribution in [2.75, 3.05) is 6.61 Å². The molecule has 7 unspecified atom stereocenters. The average Bonchev–Trinajstić information content (AvgIpc) is 2.71. The second kappa shape index (κ2) is 11.2. The van der Waals surface area contributed by atoms with Crippen LogP contribution in [0.1, 0.15) is 90.4 Å². The Hall–Kier alpha value is -0.320. The Morgan fingerprint density at radius 1 is 1.04 bits per heavy atom. The number of carbonyl (C=O) groups excluding carboxylic acids is 1. The lowest BCUT2D eigenvalue weighted by molar-refractivity contribution is -0.150. The number of fused-ring (bicyclic) bond motifs is 1. The molecule has 3 saturated carbocycles. The number of aliphatic hydroxyl groups excluding tert-OH is 1. The van der Waals surface area contributed by atoms with Gasteiger partial charge in [-0.05, 0) is 50.4 Å². The molecule has 28 heavy (non-hydrogen) atoms. The van der Waals surface area contributed by atoms with Gasteiger partial charge in [-0.2, -0.15) is 0 Å². The number of ether oxygens (including phenoxy) is 1. The maximum atomic E-state index is 13.1. The van der Waals surface area contributed by atoms with Crippen molar-refractivity contribution in [1.29, 1.82) is 0 Å². The van der Waals surface area contributed by atoms with Crippen LogP contribution in [0.3, 0.4) is 0 Å². The van der Waals surface area contributed by atoms with Crippen molar-refractivity contribution in [3.63, 3.8) is 0 Å². The third kappa shape index (κ3) is 5.64. The van der Waals surface area contributed by atoms with Crippen molar-refractivity contribution < 1.29 is 14.6 Å². The van der Waals surface area contributed by atoms with Gasteiger partial charge in [0.1, 0.15) is 0 Å². The molecule has 3 aliphatic rings. The fourth-order valence-corrected chi connectivity index (χ4v) is 6.04. The number of unbranched alkanes of at least 4 members (excludes halogenated alkanes) is 3. The predicted octanol–water partition coefficient (Wildman–Crippen LogP) is 4.81. The maximum absolute atomic E-state index is 13.1. The minimum absolute atomic E-state index is 0.00587. The molecule has 0 bridgehead atoms. The highest BCUT2D eigenvalue weighted by Gasteiger charge is 2.48. The minimum Gasteiger partial charge on any atom is -0.392 e. The van der Waals surface area contributed by atoms with Crippen LogP contribution in [0.2, 0.25) is 0 Å². The predicted molar refractivity (Wildman–Crippen MR) is 113 cm³/mol. The normalized spacial score (nSPS) is 38.6. The lowest BCUT2D eigenvalue weighted by Crippen LogP contribution is -2.55. The van der Waals surface area contributed by atoms with Gasteiger partial charge in [0.2, 0.25) is 5.91 Å². The van der Waals surface area contributed by atoms with E-state index in [1.165, 1.54) is 25.7 Å². The first-order valence-corrected chi connectivity index (χ1v) is 12.3. The minimum atomic E-state index is -0.539. The molecular weight excluding hydrogens is 374 g/mol. The largest absolute Gasteiger partial charge is 0.392 e. The third-order valence-electron chi connectivity index (χ3n) is 7.37. The van der Waals surface area contributed by atoms with E-state index in [9.17, 15) is 9.90 Å². The topological polar surface area (TPSA) is 58.6 Å². The highest BCUT2D eigenvalue weighted by Crippen LogP contribution is 2.44. The van der Waals surface area contributed by atoms with Crippen LogP contribution in [0.4, 0.5) is 0 Å². The molecule has 0 aromatic carbocycles. The summed E-state index contributed by atoms with van der Waals surface area (Å²) in [6, 6.07) is 0.0487. The first-order chi connectivity index (χ1) is 13.6. The van der Waals surface area contributed by atoms with Crippen LogP contribution in [0.5, 0.6) is 0 Å². The van der Waals surface area contributed by atoms with Gasteiger partial charge in [0.15, 0.2) is 0 Å². The van der Waals surface area contributed by atoms with E-state index in [0.29, 0.717) is 12.3 Å². The van der Waals surface area contributed by atoms with E-state index in [2.05, 4.69) is 12.2 Å². The molecule has 5 heteroatoms. The van der Waals surface area contributed by atoms with E-state index in [0.717, 1.165) is 58.0 Å². The summed E-state index contributed by atoms with van der Waals surface area (Å²) in [5.74, 6) is 0.255. The van der Waals surface area contributed by atoms with Crippen molar-refractivity contribution in [3.8, 4) is 0 Å². The van der Waals surface area contributed by atoms with Gasteiger partial charge in [0.25, 0.3) is 0 Å². The standard InChI is InChI=1S/C23H40ClNO3/c1-2-3-4-9-14-28-21-15-18(22(26)17-11-6-5-10-16(17)21)23(27)25-20-13-8-7-12-19(20)24/h16-22,26H,2-15H2,1H3,(H,25,27). The van der Waals surface area contributed by atoms with Gasteiger partial charge in [-0.3, -0.25) is 4.79 Å². The zero-order valence-electron chi connectivity index (χ0n) is 17.6. The Morgan fingerprint density at radius 3 is 2.50 bits per heavy atom. The van der Waals surface area contributed by atoms with Crippen LogP contribution in [-0.2, 0) is 9.53 Å². The van der Waals surface area contributed by atoms with Crippen molar-refractivity contribution in [2.45, 2.75) is 114 Å². The van der Waals surface area contributed by atoms with Crippen LogP contribution in [-0.4, -0.2) is 41.2 Å². The molecule has 3 aliphatic carbocycles. The smallest absolute Gasteiger partial charge is 0.226 e. The number of carbonyl (C=O) groups is 1. The number of nitrogens with one attached hydrogen (secondary N) is 1. The van der Waals surface area contributed by atoms with Crippen LogP contribution in [0.15, 0.2) is 0 Å². The van der Waals surface area contributed by atoms with Gasteiger partial charge in [-0.1, -0.05) is 51.9 Å². The number of rotatable bonds is 8. The molecule has 0 aliphatic heterocycles. The van der Waals surface area contributed by atoms with Gasteiger partial charge in [-0.15, -0.1) is 11.6 Å². The molecule has 3 fully saturated rings. The molecule has 3 rings (SSSR count). The molecular formula is C23H40ClNO3. The zero-order chi connectivity index (χ0) is 19.9. The van der Waals surface area contributed by atoms with Crippen LogP contribution in [0, 0.1) is 17.8 Å². The van der Waals surface area contributed by atoms with Crippen LogP contribution >= 0.6 is 11.6 Å². The summed E-state index contributed by atoms with van der Waals surface area (Å²) in [7, 11) is 0. The van der Waals surface area contributed by atoms with Crippen LogP contribution in [0.25, 0.3) is 0 Å². The van der Waals surface area contributed by atoms with Gasteiger partial charge in [-0.25, -0.2) is 0 Å². The Labute approximate surface area is 176 Å². The summed E-state index contributed by atoms with van der Waals surface area (Å²) in [6.07, 6.45) is 13.7. The number of hydrogen-bond acceptors (Lipinski definition) is 3. The fourth-order valence-electron chi connectivity index (χ4n) is 5.69. The van der Waals surface area contributed by atoms with Crippen molar-refractivity contribution in [3.05, 3.63) is 0 Å². The fraction of sp³-hybridized carbons (Fsp3) is 0.957. The number of hydrogen-bond donors (Lipinski definition) is 2. The Balaban J connectivity index is 1.60. The van der Waals surface area contributed by atoms with E-state index in [-0.39, 0.29) is 35.3 Å². The highest BCUT2D eigenvalue weighted by atomic mass is 35.5. The van der Waals surface area contributed by atoms with Gasteiger partial charge in [0.05, 0.1) is 23.5 Å². The lowest BCUT2D eigenvalue weighted by atomic mass is 9.64. The quantitative estimate of drug-likeness (QED) is 0.443. The second-order valence-corrected chi connectivity index (χ2v) is 9.89. The van der Waals surface area contributed by atoms with Crippen molar-refractivity contribution in [1.82, 2.24) is 5.32 Å². The lowest BCUT2D eigenvalue weighted by Gasteiger charge is -2.47. The molecule has 0 aromatic rings. The number of amides is 1. The summed E-state index contributed by atoms with van der Waals surface area (Å²) in [4.78, 5) is 13.1. The third-order valence-corrected chi connectivity index (χ3v) is 7.89. The van der Waals surface area contributed by atoms with E-state index in [1.807, 2.05) is 0 Å². The van der Waals surface area contributed by atoms with Gasteiger partial charge in [0, 0.05) is 12.6 Å². The molecule has 0 radical (unpaired) electrons. The van der Waals surface area contributed by atoms with Crippen molar-refractivity contribution in [2.24, 2.45) is 17.8 Å². The maximum Gasteiger partial charge on any atom is 0.226 e. The number of aliphatic hydroxyl groups is 1. The average molecular weight is 414 g/mol. The summed E-state index contributed by atoms with van der Waals surface area (Å²) in [5, 5.41) is 14.2. The molecule has 0 aromatic heterocycles. The van der Waals surface area contributed by atoms with Crippen molar-refractivity contribution >= 4 is 17.5 Å². The van der Waals surface area contributed by atoms with E-state index in [1.54, 1.807) is 0 Å².